The molecular weight excluding hydrogens is 396 g/mol. The average Bonchev–Trinajstić information content (AvgIpc) is 2.74. The number of carbonyl (C=O) groups excluding carboxylic acids is 1. The van der Waals surface area contributed by atoms with E-state index in [4.69, 9.17) is 0 Å². The highest BCUT2D eigenvalue weighted by Crippen LogP contribution is 2.26. The minimum atomic E-state index is -3.75. The number of carbonyl (C=O) groups is 1. The Morgan fingerprint density at radius 1 is 1.25 bits per heavy atom. The molecule has 2 heterocycles. The van der Waals surface area contributed by atoms with Crippen molar-refractivity contribution in [3.63, 3.8) is 0 Å². The van der Waals surface area contributed by atoms with E-state index in [1.807, 2.05) is 18.4 Å². The van der Waals surface area contributed by atoms with E-state index >= 15 is 0 Å². The maximum Gasteiger partial charge on any atom is 0.244 e. The van der Waals surface area contributed by atoms with Gasteiger partial charge in [-0.3, -0.25) is 4.79 Å². The fourth-order valence-corrected chi connectivity index (χ4v) is 5.07. The van der Waals surface area contributed by atoms with Crippen molar-refractivity contribution in [3.8, 4) is 6.07 Å². The Balaban J connectivity index is 1.63. The lowest BCUT2D eigenvalue weighted by Crippen LogP contribution is -2.41. The number of rotatable bonds is 5. The first-order chi connectivity index (χ1) is 13.5. The molecule has 146 valence electrons. The van der Waals surface area contributed by atoms with Crippen molar-refractivity contribution in [1.82, 2.24) is 9.29 Å². The molecule has 1 aromatic carbocycles. The largest absolute Gasteiger partial charge is 0.324 e. The molecule has 2 aromatic rings. The molecule has 0 saturated carbocycles. The Kier molecular flexibility index (Phi) is 6.34. The van der Waals surface area contributed by atoms with Crippen molar-refractivity contribution in [1.29, 1.82) is 5.26 Å². The van der Waals surface area contributed by atoms with Gasteiger partial charge in [0.1, 0.15) is 6.07 Å². The zero-order valence-corrected chi connectivity index (χ0v) is 17.0. The number of benzene rings is 1. The summed E-state index contributed by atoms with van der Waals surface area (Å²) in [6, 6.07) is 11.7. The normalized spacial score (nSPS) is 15.7. The van der Waals surface area contributed by atoms with Crippen LogP contribution in [0.5, 0.6) is 0 Å². The van der Waals surface area contributed by atoms with Crippen LogP contribution in [0.1, 0.15) is 18.4 Å². The number of aromatic nitrogens is 1. The molecule has 0 aliphatic carbocycles. The van der Waals surface area contributed by atoms with Crippen molar-refractivity contribution in [2.45, 2.75) is 22.8 Å². The second-order valence-corrected chi connectivity index (χ2v) is 9.10. The minimum absolute atomic E-state index is 0.0142. The third kappa shape index (κ3) is 4.35. The Morgan fingerprint density at radius 3 is 2.57 bits per heavy atom. The fourth-order valence-electron chi connectivity index (χ4n) is 3.10. The number of nitriles is 1. The first kappa shape index (κ1) is 20.3. The molecule has 9 heteroatoms. The van der Waals surface area contributed by atoms with Crippen LogP contribution < -0.4 is 5.32 Å². The fraction of sp³-hybridized carbons (Fsp3) is 0.316. The quantitative estimate of drug-likeness (QED) is 0.752. The summed E-state index contributed by atoms with van der Waals surface area (Å²) in [5.41, 5.74) is 0.754. The molecule has 1 aliphatic rings. The van der Waals surface area contributed by atoms with Crippen LogP contribution >= 0.6 is 11.8 Å². The van der Waals surface area contributed by atoms with Crippen LogP contribution in [0.4, 0.5) is 5.69 Å². The van der Waals surface area contributed by atoms with Gasteiger partial charge in [-0.1, -0.05) is 12.1 Å². The predicted octanol–water partition coefficient (Wildman–Crippen LogP) is 2.71. The highest BCUT2D eigenvalue weighted by Gasteiger charge is 2.33. The molecule has 0 spiro atoms. The van der Waals surface area contributed by atoms with E-state index in [1.165, 1.54) is 28.2 Å². The van der Waals surface area contributed by atoms with Crippen LogP contribution in [0.15, 0.2) is 52.5 Å². The molecule has 0 radical (unpaired) electrons. The maximum absolute atomic E-state index is 12.9. The van der Waals surface area contributed by atoms with E-state index in [0.29, 0.717) is 18.5 Å². The Morgan fingerprint density at radius 2 is 1.96 bits per heavy atom. The molecule has 1 N–H and O–H groups in total. The summed E-state index contributed by atoms with van der Waals surface area (Å²) in [6.07, 6.45) is 4.39. The van der Waals surface area contributed by atoms with Gasteiger partial charge in [0.2, 0.25) is 15.9 Å². The number of sulfonamides is 1. The van der Waals surface area contributed by atoms with Crippen LogP contribution in [0.2, 0.25) is 0 Å². The van der Waals surface area contributed by atoms with Crippen molar-refractivity contribution in [3.05, 3.63) is 48.2 Å². The molecule has 0 unspecified atom stereocenters. The van der Waals surface area contributed by atoms with Crippen LogP contribution in [-0.4, -0.2) is 43.0 Å². The molecule has 7 nitrogen and oxygen atoms in total. The number of nitrogens with one attached hydrogen (secondary N) is 1. The van der Waals surface area contributed by atoms with Gasteiger partial charge in [0.05, 0.1) is 27.4 Å². The molecule has 0 bridgehead atoms. The summed E-state index contributed by atoms with van der Waals surface area (Å²) in [6.45, 7) is 0.480. The molecule has 1 aromatic heterocycles. The summed E-state index contributed by atoms with van der Waals surface area (Å²) < 4.78 is 27.1. The highest BCUT2D eigenvalue weighted by molar-refractivity contribution is 7.98. The van der Waals surface area contributed by atoms with Gasteiger partial charge < -0.3 is 5.32 Å². The first-order valence-electron chi connectivity index (χ1n) is 8.76. The molecule has 1 fully saturated rings. The zero-order chi connectivity index (χ0) is 20.1. The lowest BCUT2D eigenvalue weighted by atomic mass is 9.97. The Labute approximate surface area is 168 Å². The number of piperidine rings is 1. The van der Waals surface area contributed by atoms with E-state index < -0.39 is 10.0 Å². The van der Waals surface area contributed by atoms with Crippen LogP contribution in [0, 0.1) is 17.2 Å². The number of thioether (sulfide) groups is 1. The van der Waals surface area contributed by atoms with E-state index in [2.05, 4.69) is 10.3 Å². The van der Waals surface area contributed by atoms with Gasteiger partial charge in [-0.2, -0.15) is 9.57 Å². The second kappa shape index (κ2) is 8.73. The number of anilines is 1. The topological polar surface area (TPSA) is 103 Å². The molecule has 1 amide bonds. The number of nitrogens with zero attached hydrogens (tertiary/aromatic N) is 3. The smallest absolute Gasteiger partial charge is 0.244 e. The van der Waals surface area contributed by atoms with Crippen LogP contribution in [-0.2, 0) is 14.8 Å². The van der Waals surface area contributed by atoms with Crippen molar-refractivity contribution >= 4 is 33.4 Å². The SMILES string of the molecule is CSc1ccc(NC(=O)C2CCN(S(=O)(=O)c3ccccc3C#N)CC2)cn1. The average molecular weight is 417 g/mol. The third-order valence-corrected chi connectivity index (χ3v) is 7.28. The molecular formula is C19H20N4O3S2. The lowest BCUT2D eigenvalue weighted by Gasteiger charge is -2.30. The van der Waals surface area contributed by atoms with Crippen molar-refractivity contribution < 1.29 is 13.2 Å². The van der Waals surface area contributed by atoms with Gasteiger partial charge >= 0.3 is 0 Å². The predicted molar refractivity (Wildman–Crippen MR) is 107 cm³/mol. The number of amides is 1. The Bertz CT molecular complexity index is 993. The number of hydrogen-bond donors (Lipinski definition) is 1. The maximum atomic E-state index is 12.9. The third-order valence-electron chi connectivity index (χ3n) is 4.66. The number of pyridine rings is 1. The van der Waals surface area contributed by atoms with Crippen LogP contribution in [0.3, 0.4) is 0 Å². The highest BCUT2D eigenvalue weighted by atomic mass is 32.2. The van der Waals surface area contributed by atoms with Gasteiger partial charge in [-0.15, -0.1) is 11.8 Å². The minimum Gasteiger partial charge on any atom is -0.324 e. The molecule has 28 heavy (non-hydrogen) atoms. The van der Waals surface area contributed by atoms with Crippen molar-refractivity contribution in [2.75, 3.05) is 24.7 Å². The van der Waals surface area contributed by atoms with Gasteiger partial charge in [-0.05, 0) is 43.4 Å². The molecule has 3 rings (SSSR count). The van der Waals surface area contributed by atoms with Gasteiger partial charge in [0.25, 0.3) is 0 Å². The van der Waals surface area contributed by atoms with E-state index in [9.17, 15) is 18.5 Å². The first-order valence-corrected chi connectivity index (χ1v) is 11.4. The van der Waals surface area contributed by atoms with Crippen molar-refractivity contribution in [2.24, 2.45) is 5.92 Å². The summed E-state index contributed by atoms with van der Waals surface area (Å²) in [7, 11) is -3.75. The monoisotopic (exact) mass is 416 g/mol. The summed E-state index contributed by atoms with van der Waals surface area (Å²) in [5, 5.41) is 12.9. The van der Waals surface area contributed by atoms with Gasteiger partial charge in [-0.25, -0.2) is 13.4 Å². The lowest BCUT2D eigenvalue weighted by molar-refractivity contribution is -0.120. The molecule has 1 aliphatic heterocycles. The van der Waals surface area contributed by atoms with E-state index in [1.54, 1.807) is 24.4 Å². The van der Waals surface area contributed by atoms with Gasteiger partial charge in [0.15, 0.2) is 0 Å². The number of hydrogen-bond acceptors (Lipinski definition) is 6. The van der Waals surface area contributed by atoms with Crippen LogP contribution in [0.25, 0.3) is 0 Å². The summed E-state index contributed by atoms with van der Waals surface area (Å²) in [4.78, 5) is 16.7. The standard InChI is InChI=1S/C19H20N4O3S2/c1-27-18-7-6-16(13-21-18)22-19(24)14-8-10-23(11-9-14)28(25,26)17-5-3-2-4-15(17)12-20/h2-7,13-14H,8-11H2,1H3,(H,22,24). The molecule has 0 atom stereocenters. The summed E-state index contributed by atoms with van der Waals surface area (Å²) >= 11 is 1.52. The zero-order valence-electron chi connectivity index (χ0n) is 15.3. The Hall–Kier alpha value is -2.41. The summed E-state index contributed by atoms with van der Waals surface area (Å²) in [5.74, 6) is -0.397. The van der Waals surface area contributed by atoms with Gasteiger partial charge in [0, 0.05) is 19.0 Å². The second-order valence-electron chi connectivity index (χ2n) is 6.36. The molecule has 1 saturated heterocycles. The van der Waals surface area contributed by atoms with E-state index in [0.717, 1.165) is 5.03 Å². The van der Waals surface area contributed by atoms with E-state index in [-0.39, 0.29) is 35.4 Å².